The van der Waals surface area contributed by atoms with Gasteiger partial charge >= 0.3 is 0 Å². The number of hydrogen-bond donors (Lipinski definition) is 2. The molecule has 3 N–H and O–H groups in total. The number of para-hydroxylation sites is 1. The van der Waals surface area contributed by atoms with Crippen molar-refractivity contribution in [1.29, 1.82) is 0 Å². The molecule has 0 atom stereocenters. The second-order valence-corrected chi connectivity index (χ2v) is 5.52. The molecule has 3 rings (SSSR count). The van der Waals surface area contributed by atoms with Crippen molar-refractivity contribution < 1.29 is 4.79 Å². The van der Waals surface area contributed by atoms with Crippen molar-refractivity contribution in [2.45, 2.75) is 6.42 Å². The van der Waals surface area contributed by atoms with Gasteiger partial charge in [-0.2, -0.15) is 0 Å². The maximum absolute atomic E-state index is 12.0. The number of nitrogens with zero attached hydrogens (tertiary/aromatic N) is 5. The van der Waals surface area contributed by atoms with Gasteiger partial charge in [-0.15, -0.1) is 15.3 Å². The van der Waals surface area contributed by atoms with E-state index in [0.29, 0.717) is 18.1 Å². The van der Waals surface area contributed by atoms with Gasteiger partial charge < -0.3 is 11.1 Å². The number of nitrogen functional groups attached to an aromatic ring is 1. The van der Waals surface area contributed by atoms with Crippen molar-refractivity contribution in [3.05, 3.63) is 47.2 Å². The Balaban J connectivity index is 1.58. The Hall–Kier alpha value is -2.81. The monoisotopic (exact) mass is 315 g/mol. The van der Waals surface area contributed by atoms with E-state index < -0.39 is 0 Å². The molecule has 3 aromatic rings. The van der Waals surface area contributed by atoms with E-state index >= 15 is 0 Å². The van der Waals surface area contributed by atoms with Crippen LogP contribution in [0.3, 0.4) is 0 Å². The van der Waals surface area contributed by atoms with Crippen LogP contribution < -0.4 is 11.1 Å². The third-order valence-corrected chi connectivity index (χ3v) is 3.67. The molecule has 1 amide bonds. The predicted octanol–water partition coefficient (Wildman–Crippen LogP) is 0.673. The largest absolute Gasteiger partial charge is 0.374 e. The van der Waals surface area contributed by atoms with Crippen LogP contribution in [0.5, 0.6) is 0 Å². The second kappa shape index (κ2) is 6.31. The van der Waals surface area contributed by atoms with E-state index in [-0.39, 0.29) is 11.6 Å². The summed E-state index contributed by atoms with van der Waals surface area (Å²) in [6.45, 7) is 0.436. The van der Waals surface area contributed by atoms with Gasteiger partial charge in [0.05, 0.1) is 11.9 Å². The summed E-state index contributed by atoms with van der Waals surface area (Å²) in [6, 6.07) is 9.47. The van der Waals surface area contributed by atoms with Gasteiger partial charge in [0.2, 0.25) is 5.13 Å². The summed E-state index contributed by atoms with van der Waals surface area (Å²) in [6.07, 6.45) is 2.17. The lowest BCUT2D eigenvalue weighted by Gasteiger charge is -2.00. The number of amides is 1. The summed E-state index contributed by atoms with van der Waals surface area (Å²) in [5.41, 5.74) is 6.61. The average molecular weight is 315 g/mol. The normalized spacial score (nSPS) is 10.5. The fourth-order valence-electron chi connectivity index (χ4n) is 1.82. The average Bonchev–Trinajstić information content (AvgIpc) is 3.17. The highest BCUT2D eigenvalue weighted by Gasteiger charge is 2.11. The third kappa shape index (κ3) is 3.26. The molecule has 2 aromatic heterocycles. The number of anilines is 1. The number of carbonyl (C=O) groups excluding carboxylic acids is 1. The number of aromatic nitrogens is 5. The van der Waals surface area contributed by atoms with Crippen molar-refractivity contribution in [3.8, 4) is 5.69 Å². The molecule has 8 nitrogen and oxygen atoms in total. The van der Waals surface area contributed by atoms with E-state index in [1.807, 2.05) is 30.3 Å². The second-order valence-electron chi connectivity index (χ2n) is 4.42. The van der Waals surface area contributed by atoms with Crippen LogP contribution in [0.1, 0.15) is 15.5 Å². The minimum Gasteiger partial charge on any atom is -0.374 e. The Labute approximate surface area is 130 Å². The number of nitrogens with one attached hydrogen (secondary N) is 1. The predicted molar refractivity (Wildman–Crippen MR) is 81.7 cm³/mol. The Morgan fingerprint density at radius 1 is 1.23 bits per heavy atom. The van der Waals surface area contributed by atoms with Crippen LogP contribution in [-0.4, -0.2) is 37.6 Å². The van der Waals surface area contributed by atoms with Gasteiger partial charge in [0, 0.05) is 13.0 Å². The molecule has 0 aliphatic carbocycles. The zero-order chi connectivity index (χ0) is 15.4. The van der Waals surface area contributed by atoms with Gasteiger partial charge in [-0.25, -0.2) is 4.68 Å². The van der Waals surface area contributed by atoms with Crippen molar-refractivity contribution >= 4 is 22.4 Å². The van der Waals surface area contributed by atoms with Crippen molar-refractivity contribution in [3.63, 3.8) is 0 Å². The van der Waals surface area contributed by atoms with Crippen LogP contribution in [0.25, 0.3) is 5.69 Å². The lowest BCUT2D eigenvalue weighted by Crippen LogP contribution is -2.26. The molecule has 1 aromatic carbocycles. The highest BCUT2D eigenvalue weighted by atomic mass is 32.1. The van der Waals surface area contributed by atoms with E-state index in [9.17, 15) is 4.79 Å². The summed E-state index contributed by atoms with van der Waals surface area (Å²) in [7, 11) is 0. The highest BCUT2D eigenvalue weighted by Crippen LogP contribution is 2.10. The SMILES string of the molecule is Nc1nnc(CCNC(=O)c2cn(-c3ccccc3)nn2)s1. The van der Waals surface area contributed by atoms with E-state index in [1.165, 1.54) is 11.3 Å². The van der Waals surface area contributed by atoms with Crippen LogP contribution in [0.4, 0.5) is 5.13 Å². The summed E-state index contributed by atoms with van der Waals surface area (Å²) >= 11 is 1.31. The summed E-state index contributed by atoms with van der Waals surface area (Å²) in [5, 5.41) is 19.4. The molecule has 0 fully saturated rings. The molecule has 112 valence electrons. The van der Waals surface area contributed by atoms with Gasteiger partial charge in [-0.05, 0) is 12.1 Å². The van der Waals surface area contributed by atoms with Crippen molar-refractivity contribution in [2.75, 3.05) is 12.3 Å². The topological polar surface area (TPSA) is 112 Å². The standard InChI is InChI=1S/C13H13N7OS/c14-13-18-17-11(22-13)6-7-15-12(21)10-8-20(19-16-10)9-4-2-1-3-5-9/h1-5,8H,6-7H2,(H2,14,18)(H,15,21). The molecule has 0 aliphatic rings. The smallest absolute Gasteiger partial charge is 0.273 e. The Kier molecular flexibility index (Phi) is 4.05. The van der Waals surface area contributed by atoms with Crippen LogP contribution in [0.2, 0.25) is 0 Å². The fourth-order valence-corrected chi connectivity index (χ4v) is 2.42. The number of hydrogen-bond acceptors (Lipinski definition) is 7. The molecule has 0 unspecified atom stereocenters. The zero-order valence-corrected chi connectivity index (χ0v) is 12.3. The lowest BCUT2D eigenvalue weighted by atomic mass is 10.3. The van der Waals surface area contributed by atoms with Crippen LogP contribution in [0.15, 0.2) is 36.5 Å². The minimum atomic E-state index is -0.278. The molecule has 0 bridgehead atoms. The van der Waals surface area contributed by atoms with Gasteiger partial charge in [-0.3, -0.25) is 4.79 Å². The van der Waals surface area contributed by atoms with Crippen LogP contribution >= 0.6 is 11.3 Å². The molecule has 0 saturated carbocycles. The first-order chi connectivity index (χ1) is 10.7. The van der Waals surface area contributed by atoms with E-state index in [2.05, 4.69) is 25.8 Å². The van der Waals surface area contributed by atoms with Gasteiger partial charge in [0.25, 0.3) is 5.91 Å². The molecular formula is C13H13N7OS. The molecule has 0 saturated heterocycles. The first kappa shape index (κ1) is 14.1. The van der Waals surface area contributed by atoms with Gasteiger partial charge in [-0.1, -0.05) is 34.7 Å². The molecular weight excluding hydrogens is 302 g/mol. The van der Waals surface area contributed by atoms with Crippen molar-refractivity contribution in [1.82, 2.24) is 30.5 Å². The first-order valence-electron chi connectivity index (χ1n) is 6.56. The molecule has 0 radical (unpaired) electrons. The number of carbonyl (C=O) groups is 1. The molecule has 0 spiro atoms. The molecule has 9 heteroatoms. The molecule has 2 heterocycles. The first-order valence-corrected chi connectivity index (χ1v) is 7.38. The fraction of sp³-hybridized carbons (Fsp3) is 0.154. The third-order valence-electron chi connectivity index (χ3n) is 2.85. The minimum absolute atomic E-state index is 0.264. The number of nitrogens with two attached hydrogens (primary N) is 1. The van der Waals surface area contributed by atoms with E-state index in [1.54, 1.807) is 10.9 Å². The van der Waals surface area contributed by atoms with Crippen LogP contribution in [0, 0.1) is 0 Å². The van der Waals surface area contributed by atoms with E-state index in [0.717, 1.165) is 10.7 Å². The van der Waals surface area contributed by atoms with Crippen LogP contribution in [-0.2, 0) is 6.42 Å². The highest BCUT2D eigenvalue weighted by molar-refractivity contribution is 7.15. The summed E-state index contributed by atoms with van der Waals surface area (Å²) in [5.74, 6) is -0.278. The maximum atomic E-state index is 12.0. The maximum Gasteiger partial charge on any atom is 0.273 e. The van der Waals surface area contributed by atoms with E-state index in [4.69, 9.17) is 5.73 Å². The summed E-state index contributed by atoms with van der Waals surface area (Å²) in [4.78, 5) is 12.0. The molecule has 22 heavy (non-hydrogen) atoms. The molecule has 0 aliphatic heterocycles. The quantitative estimate of drug-likeness (QED) is 0.716. The Morgan fingerprint density at radius 3 is 2.77 bits per heavy atom. The van der Waals surface area contributed by atoms with Crippen molar-refractivity contribution in [2.24, 2.45) is 0 Å². The zero-order valence-electron chi connectivity index (χ0n) is 11.5. The van der Waals surface area contributed by atoms with Gasteiger partial charge in [0.1, 0.15) is 5.01 Å². The van der Waals surface area contributed by atoms with Gasteiger partial charge in [0.15, 0.2) is 5.69 Å². The summed E-state index contributed by atoms with van der Waals surface area (Å²) < 4.78 is 1.56. The number of benzene rings is 1. The Morgan fingerprint density at radius 2 is 2.05 bits per heavy atom. The number of rotatable bonds is 5. The Bertz CT molecular complexity index is 768. The lowest BCUT2D eigenvalue weighted by molar-refractivity contribution is 0.0949.